The number of rotatable bonds is 4. The summed E-state index contributed by atoms with van der Waals surface area (Å²) in [5.41, 5.74) is 2.83. The normalized spacial score (nSPS) is 10.4. The molecule has 7 heteroatoms. The highest BCUT2D eigenvalue weighted by Gasteiger charge is 2.17. The van der Waals surface area contributed by atoms with Gasteiger partial charge in [-0.2, -0.15) is 0 Å². The van der Waals surface area contributed by atoms with Crippen molar-refractivity contribution in [2.45, 2.75) is 27.2 Å². The molecule has 0 bridgehead atoms. The molecule has 0 aliphatic heterocycles. The van der Waals surface area contributed by atoms with Gasteiger partial charge in [-0.25, -0.2) is 0 Å². The number of nitrogens with zero attached hydrogens (tertiary/aromatic N) is 1. The van der Waals surface area contributed by atoms with Crippen LogP contribution in [-0.2, 0) is 18.3 Å². The first-order valence-electron chi connectivity index (χ1n) is 7.21. The number of nitrogens with one attached hydrogen (secondary N) is 2. The molecule has 0 spiro atoms. The van der Waals surface area contributed by atoms with Gasteiger partial charge in [0.25, 0.3) is 5.91 Å². The van der Waals surface area contributed by atoms with E-state index in [0.717, 1.165) is 23.3 Å². The molecule has 0 unspecified atom stereocenters. The van der Waals surface area contributed by atoms with E-state index in [1.807, 2.05) is 13.0 Å². The van der Waals surface area contributed by atoms with Crippen molar-refractivity contribution < 1.29 is 9.59 Å². The average Bonchev–Trinajstić information content (AvgIpc) is 2.74. The topological polar surface area (TPSA) is 80.2 Å². The molecule has 2 amide bonds. The number of aromatic nitrogens is 1. The van der Waals surface area contributed by atoms with Gasteiger partial charge in [-0.05, 0) is 31.0 Å². The maximum absolute atomic E-state index is 12.5. The van der Waals surface area contributed by atoms with Gasteiger partial charge >= 0.3 is 4.87 Å². The highest BCUT2D eigenvalue weighted by molar-refractivity contribution is 7.11. The Bertz CT molecular complexity index is 820. The molecule has 1 heterocycles. The summed E-state index contributed by atoms with van der Waals surface area (Å²) in [6.07, 6.45) is 0.736. The van der Waals surface area contributed by atoms with Crippen molar-refractivity contribution in [3.63, 3.8) is 0 Å². The van der Waals surface area contributed by atoms with Crippen LogP contribution < -0.4 is 15.5 Å². The number of hydrogen-bond acceptors (Lipinski definition) is 4. The fraction of sp³-hybridized carbons (Fsp3) is 0.312. The predicted octanol–water partition coefficient (Wildman–Crippen LogP) is 2.53. The second-order valence-corrected chi connectivity index (χ2v) is 6.16. The van der Waals surface area contributed by atoms with E-state index in [9.17, 15) is 14.4 Å². The molecule has 2 rings (SSSR count). The molecule has 0 atom stereocenters. The molecule has 0 saturated heterocycles. The van der Waals surface area contributed by atoms with Crippen molar-refractivity contribution >= 4 is 34.5 Å². The minimum absolute atomic E-state index is 0.171. The first-order valence-corrected chi connectivity index (χ1v) is 8.03. The monoisotopic (exact) mass is 333 g/mol. The number of amides is 2. The van der Waals surface area contributed by atoms with E-state index in [1.54, 1.807) is 26.1 Å². The summed E-state index contributed by atoms with van der Waals surface area (Å²) in [6.45, 7) is 5.15. The van der Waals surface area contributed by atoms with E-state index in [1.165, 1.54) is 11.5 Å². The van der Waals surface area contributed by atoms with E-state index in [-0.39, 0.29) is 16.7 Å². The Morgan fingerprint density at radius 2 is 1.96 bits per heavy atom. The standard InChI is InChI=1S/C16H19N3O3S/c1-5-11-6-7-12(17-10(3)20)8-13(11)18-15(21)14-9(2)19(4)16(22)23-14/h6-8H,5H2,1-4H3,(H,17,20)(H,18,21). The van der Waals surface area contributed by atoms with Crippen LogP contribution in [0.15, 0.2) is 23.0 Å². The third kappa shape index (κ3) is 3.68. The Morgan fingerprint density at radius 1 is 1.26 bits per heavy atom. The zero-order chi connectivity index (χ0) is 17.1. The molecule has 1 aromatic carbocycles. The molecule has 0 aliphatic rings. The minimum atomic E-state index is -0.320. The van der Waals surface area contributed by atoms with Crippen LogP contribution in [0.3, 0.4) is 0 Å². The molecule has 1 aromatic heterocycles. The Kier molecular flexibility index (Phi) is 5.00. The van der Waals surface area contributed by atoms with Gasteiger partial charge in [-0.3, -0.25) is 14.4 Å². The van der Waals surface area contributed by atoms with Crippen molar-refractivity contribution in [2.24, 2.45) is 7.05 Å². The van der Waals surface area contributed by atoms with Crippen LogP contribution in [-0.4, -0.2) is 16.4 Å². The van der Waals surface area contributed by atoms with Gasteiger partial charge < -0.3 is 15.2 Å². The SMILES string of the molecule is CCc1ccc(NC(C)=O)cc1NC(=O)c1sc(=O)n(C)c1C. The number of carbonyl (C=O) groups is 2. The van der Waals surface area contributed by atoms with Gasteiger partial charge in [0.15, 0.2) is 0 Å². The summed E-state index contributed by atoms with van der Waals surface area (Å²) in [5.74, 6) is -0.497. The van der Waals surface area contributed by atoms with Crippen molar-refractivity contribution in [1.82, 2.24) is 4.57 Å². The first kappa shape index (κ1) is 17.0. The molecular formula is C16H19N3O3S. The Labute approximate surface area is 138 Å². The summed E-state index contributed by atoms with van der Waals surface area (Å²) >= 11 is 0.922. The van der Waals surface area contributed by atoms with E-state index in [2.05, 4.69) is 10.6 Å². The molecule has 0 fully saturated rings. The lowest BCUT2D eigenvalue weighted by molar-refractivity contribution is -0.114. The van der Waals surface area contributed by atoms with Crippen LogP contribution >= 0.6 is 11.3 Å². The highest BCUT2D eigenvalue weighted by atomic mass is 32.1. The lowest BCUT2D eigenvalue weighted by atomic mass is 10.1. The smallest absolute Gasteiger partial charge is 0.307 e. The van der Waals surface area contributed by atoms with Crippen LogP contribution in [0.25, 0.3) is 0 Å². The number of benzene rings is 1. The summed E-state index contributed by atoms with van der Waals surface area (Å²) < 4.78 is 1.45. The van der Waals surface area contributed by atoms with Gasteiger partial charge in [0.2, 0.25) is 5.91 Å². The molecule has 0 radical (unpaired) electrons. The van der Waals surface area contributed by atoms with E-state index < -0.39 is 0 Å². The molecule has 23 heavy (non-hydrogen) atoms. The third-order valence-corrected chi connectivity index (χ3v) is 4.69. The third-order valence-electron chi connectivity index (χ3n) is 3.56. The van der Waals surface area contributed by atoms with Gasteiger partial charge in [0.1, 0.15) is 4.88 Å². The second-order valence-electron chi connectivity index (χ2n) is 5.20. The van der Waals surface area contributed by atoms with Crippen molar-refractivity contribution in [2.75, 3.05) is 10.6 Å². The number of thiazole rings is 1. The molecule has 2 N–H and O–H groups in total. The first-order chi connectivity index (χ1) is 10.8. The molecule has 6 nitrogen and oxygen atoms in total. The molecular weight excluding hydrogens is 314 g/mol. The maximum atomic E-state index is 12.5. The lowest BCUT2D eigenvalue weighted by Gasteiger charge is -2.12. The fourth-order valence-electron chi connectivity index (χ4n) is 2.19. The number of aryl methyl sites for hydroxylation is 1. The Morgan fingerprint density at radius 3 is 2.48 bits per heavy atom. The summed E-state index contributed by atoms with van der Waals surface area (Å²) in [4.78, 5) is 35.5. The highest BCUT2D eigenvalue weighted by Crippen LogP contribution is 2.23. The largest absolute Gasteiger partial charge is 0.326 e. The fourth-order valence-corrected chi connectivity index (χ4v) is 3.07. The zero-order valence-electron chi connectivity index (χ0n) is 13.5. The lowest BCUT2D eigenvalue weighted by Crippen LogP contribution is -2.14. The molecule has 0 aliphatic carbocycles. The number of hydrogen-bond donors (Lipinski definition) is 2. The second kappa shape index (κ2) is 6.78. The molecule has 0 saturated carbocycles. The summed E-state index contributed by atoms with van der Waals surface area (Å²) in [7, 11) is 1.64. The quantitative estimate of drug-likeness (QED) is 0.902. The van der Waals surface area contributed by atoms with Crippen molar-refractivity contribution in [3.05, 3.63) is 44.0 Å². The van der Waals surface area contributed by atoms with Crippen LogP contribution in [0.5, 0.6) is 0 Å². The van der Waals surface area contributed by atoms with Crippen molar-refractivity contribution in [1.29, 1.82) is 0 Å². The maximum Gasteiger partial charge on any atom is 0.307 e. The van der Waals surface area contributed by atoms with Crippen LogP contribution in [0, 0.1) is 6.92 Å². The minimum Gasteiger partial charge on any atom is -0.326 e. The van der Waals surface area contributed by atoms with Gasteiger partial charge in [-0.1, -0.05) is 24.3 Å². The van der Waals surface area contributed by atoms with E-state index >= 15 is 0 Å². The summed E-state index contributed by atoms with van der Waals surface area (Å²) in [6, 6.07) is 5.38. The van der Waals surface area contributed by atoms with Crippen LogP contribution in [0.2, 0.25) is 0 Å². The van der Waals surface area contributed by atoms with Crippen LogP contribution in [0.4, 0.5) is 11.4 Å². The van der Waals surface area contributed by atoms with Gasteiger partial charge in [-0.15, -0.1) is 0 Å². The van der Waals surface area contributed by atoms with Crippen LogP contribution in [0.1, 0.15) is 34.8 Å². The van der Waals surface area contributed by atoms with Crippen molar-refractivity contribution in [3.8, 4) is 0 Å². The number of carbonyl (C=O) groups excluding carboxylic acids is 2. The number of anilines is 2. The average molecular weight is 333 g/mol. The van der Waals surface area contributed by atoms with Gasteiger partial charge in [0.05, 0.1) is 0 Å². The Hall–Kier alpha value is -2.41. The predicted molar refractivity (Wildman–Crippen MR) is 92.4 cm³/mol. The molecule has 2 aromatic rings. The van der Waals surface area contributed by atoms with E-state index in [4.69, 9.17) is 0 Å². The Balaban J connectivity index is 2.33. The zero-order valence-corrected chi connectivity index (χ0v) is 14.3. The van der Waals surface area contributed by atoms with E-state index in [0.29, 0.717) is 21.9 Å². The molecule has 122 valence electrons. The summed E-state index contributed by atoms with van der Waals surface area (Å²) in [5, 5.41) is 5.53. The van der Waals surface area contributed by atoms with Gasteiger partial charge in [0, 0.05) is 31.0 Å².